The Hall–Kier alpha value is -2.74. The number of para-hydroxylation sites is 2. The number of hydrogen-bond acceptors (Lipinski definition) is 2. The Morgan fingerprint density at radius 3 is 0.645 bits per heavy atom. The molecule has 0 bridgehead atoms. The topological polar surface area (TPSA) is 40.5 Å². The smallest absolute Gasteiger partial charge is 0.115 e. The number of aromatic hydroxyl groups is 2. The molecule has 2 nitrogen and oxygen atoms in total. The van der Waals surface area contributed by atoms with E-state index in [0.717, 1.165) is 0 Å². The molecular weight excluding hydrogens is 380 g/mol. The van der Waals surface area contributed by atoms with Gasteiger partial charge in [0.15, 0.2) is 0 Å². The van der Waals surface area contributed by atoms with Gasteiger partial charge in [-0.1, -0.05) is 148 Å². The molecule has 0 aliphatic heterocycles. The fraction of sp³-hybridized carbons (Fsp3) is 0.379. The van der Waals surface area contributed by atoms with Crippen LogP contribution in [-0.2, 0) is 0 Å². The van der Waals surface area contributed by atoms with Crippen LogP contribution in [0.4, 0.5) is 0 Å². The molecule has 0 unspecified atom stereocenters. The predicted octanol–water partition coefficient (Wildman–Crippen LogP) is 9.99. The van der Waals surface area contributed by atoms with Crippen LogP contribution in [-0.4, -0.2) is 10.2 Å². The van der Waals surface area contributed by atoms with Gasteiger partial charge in [-0.2, -0.15) is 0 Å². The Morgan fingerprint density at radius 2 is 0.548 bits per heavy atom. The Labute approximate surface area is 194 Å². The molecule has 0 aromatic heterocycles. The standard InChI is InChI=1S/2C6H6O.C6H6.2C3H8.2C2H6.CH4/c2*7-6-4-2-1-3-5-6;1-2-4-6-5-3-1;2*1-3-2;2*1-2;/h2*1-5,7H;1-6H;2*3H2,1-2H3;2*1-2H3;1H4. The van der Waals surface area contributed by atoms with Crippen molar-refractivity contribution in [2.75, 3.05) is 0 Å². The monoisotopic (exact) mass is 430 g/mol. The van der Waals surface area contributed by atoms with Gasteiger partial charge in [0, 0.05) is 0 Å². The number of phenols is 2. The van der Waals surface area contributed by atoms with E-state index in [4.69, 9.17) is 10.2 Å². The zero-order chi connectivity index (χ0) is 23.9. The molecule has 0 atom stereocenters. The average molecular weight is 431 g/mol. The van der Waals surface area contributed by atoms with E-state index in [1.807, 2.05) is 76.2 Å². The summed E-state index contributed by atoms with van der Waals surface area (Å²) >= 11 is 0. The second-order valence-electron chi connectivity index (χ2n) is 5.24. The molecule has 31 heavy (non-hydrogen) atoms. The molecule has 0 aliphatic rings. The first-order valence-electron chi connectivity index (χ1n) is 11.1. The Kier molecular flexibility index (Phi) is 52.1. The lowest BCUT2D eigenvalue weighted by Gasteiger charge is -1.82. The lowest BCUT2D eigenvalue weighted by Crippen LogP contribution is -1.56. The van der Waals surface area contributed by atoms with Gasteiger partial charge in [0.25, 0.3) is 0 Å². The van der Waals surface area contributed by atoms with E-state index >= 15 is 0 Å². The van der Waals surface area contributed by atoms with E-state index in [-0.39, 0.29) is 7.43 Å². The zero-order valence-electron chi connectivity index (χ0n) is 20.5. The average Bonchev–Trinajstić information content (AvgIpc) is 2.81. The fourth-order valence-electron chi connectivity index (χ4n) is 1.24. The molecule has 0 saturated heterocycles. The second kappa shape index (κ2) is 41.6. The number of phenolic OH excluding ortho intramolecular Hbond substituents is 2. The van der Waals surface area contributed by atoms with Crippen molar-refractivity contribution < 1.29 is 10.2 Å². The molecule has 2 heteroatoms. The van der Waals surface area contributed by atoms with Crippen molar-refractivity contribution in [3.63, 3.8) is 0 Å². The van der Waals surface area contributed by atoms with Crippen LogP contribution < -0.4 is 0 Å². The summed E-state index contributed by atoms with van der Waals surface area (Å²) in [5, 5.41) is 17.3. The highest BCUT2D eigenvalue weighted by molar-refractivity contribution is 5.19. The minimum atomic E-state index is 0. The number of benzene rings is 3. The normalized spacial score (nSPS) is 6.97. The second-order valence-corrected chi connectivity index (χ2v) is 5.24. The molecule has 0 heterocycles. The van der Waals surface area contributed by atoms with Crippen molar-refractivity contribution in [1.29, 1.82) is 0 Å². The maximum absolute atomic E-state index is 8.63. The van der Waals surface area contributed by atoms with E-state index in [1.165, 1.54) is 12.8 Å². The van der Waals surface area contributed by atoms with Crippen molar-refractivity contribution in [3.05, 3.63) is 97.1 Å². The van der Waals surface area contributed by atoms with Crippen LogP contribution >= 0.6 is 0 Å². The van der Waals surface area contributed by atoms with Gasteiger partial charge in [0.2, 0.25) is 0 Å². The maximum atomic E-state index is 8.63. The SMILES string of the molecule is C.CC.CC.CCC.CCC.Oc1ccccc1.Oc1ccccc1.c1ccccc1. The van der Waals surface area contributed by atoms with Crippen molar-refractivity contribution >= 4 is 0 Å². The van der Waals surface area contributed by atoms with E-state index in [1.54, 1.807) is 48.5 Å². The summed E-state index contributed by atoms with van der Waals surface area (Å²) in [5.74, 6) is 0.644. The van der Waals surface area contributed by atoms with Crippen molar-refractivity contribution in [2.45, 2.75) is 75.7 Å². The van der Waals surface area contributed by atoms with Crippen LogP contribution in [0.15, 0.2) is 97.1 Å². The molecule has 3 rings (SSSR count). The van der Waals surface area contributed by atoms with Gasteiger partial charge in [-0.25, -0.2) is 0 Å². The zero-order valence-corrected chi connectivity index (χ0v) is 20.5. The van der Waals surface area contributed by atoms with Crippen molar-refractivity contribution in [1.82, 2.24) is 0 Å². The highest BCUT2D eigenvalue weighted by Crippen LogP contribution is 2.03. The van der Waals surface area contributed by atoms with Gasteiger partial charge in [-0.05, 0) is 24.3 Å². The molecule has 0 radical (unpaired) electrons. The molecule has 0 fully saturated rings. The summed E-state index contributed by atoms with van der Waals surface area (Å²) in [5.41, 5.74) is 0. The molecule has 178 valence electrons. The predicted molar refractivity (Wildman–Crippen MR) is 144 cm³/mol. The van der Waals surface area contributed by atoms with Crippen LogP contribution in [0.25, 0.3) is 0 Å². The third-order valence-corrected chi connectivity index (χ3v) is 2.18. The van der Waals surface area contributed by atoms with Crippen LogP contribution in [0.2, 0.25) is 0 Å². The highest BCUT2D eigenvalue weighted by Gasteiger charge is 1.75. The summed E-state index contributed by atoms with van der Waals surface area (Å²) in [6.45, 7) is 16.5. The Morgan fingerprint density at radius 1 is 0.419 bits per heavy atom. The summed E-state index contributed by atoms with van der Waals surface area (Å²) < 4.78 is 0. The number of hydrogen-bond donors (Lipinski definition) is 2. The van der Waals surface area contributed by atoms with Gasteiger partial charge in [-0.3, -0.25) is 0 Å². The van der Waals surface area contributed by atoms with Crippen molar-refractivity contribution in [2.24, 2.45) is 0 Å². The maximum Gasteiger partial charge on any atom is 0.115 e. The van der Waals surface area contributed by atoms with E-state index in [2.05, 4.69) is 27.7 Å². The molecule has 3 aromatic carbocycles. The summed E-state index contributed by atoms with van der Waals surface area (Å²) in [6.07, 6.45) is 2.50. The third kappa shape index (κ3) is 46.9. The van der Waals surface area contributed by atoms with Crippen LogP contribution in [0.3, 0.4) is 0 Å². The van der Waals surface area contributed by atoms with E-state index in [9.17, 15) is 0 Å². The molecule has 2 N–H and O–H groups in total. The Bertz CT molecular complexity index is 500. The summed E-state index contributed by atoms with van der Waals surface area (Å²) in [4.78, 5) is 0. The Balaban J connectivity index is -0.0000000897. The molecular formula is C29H50O2. The summed E-state index contributed by atoms with van der Waals surface area (Å²) in [6, 6.07) is 29.4. The van der Waals surface area contributed by atoms with Gasteiger partial charge < -0.3 is 10.2 Å². The first-order valence-corrected chi connectivity index (χ1v) is 11.1. The van der Waals surface area contributed by atoms with Gasteiger partial charge in [0.05, 0.1) is 0 Å². The highest BCUT2D eigenvalue weighted by atomic mass is 16.3. The fourth-order valence-corrected chi connectivity index (χ4v) is 1.24. The molecule has 3 aromatic rings. The van der Waals surface area contributed by atoms with E-state index in [0.29, 0.717) is 11.5 Å². The summed E-state index contributed by atoms with van der Waals surface area (Å²) in [7, 11) is 0. The van der Waals surface area contributed by atoms with Crippen LogP contribution in [0.1, 0.15) is 75.7 Å². The van der Waals surface area contributed by atoms with Crippen molar-refractivity contribution in [3.8, 4) is 11.5 Å². The third-order valence-electron chi connectivity index (χ3n) is 2.18. The molecule has 0 aliphatic carbocycles. The lowest BCUT2D eigenvalue weighted by molar-refractivity contribution is 0.475. The first kappa shape index (κ1) is 38.8. The largest absolute Gasteiger partial charge is 0.508 e. The minimum absolute atomic E-state index is 0. The first-order chi connectivity index (χ1) is 14.6. The van der Waals surface area contributed by atoms with Gasteiger partial charge in [0.1, 0.15) is 11.5 Å². The van der Waals surface area contributed by atoms with Gasteiger partial charge >= 0.3 is 0 Å². The molecule has 0 amide bonds. The minimum Gasteiger partial charge on any atom is -0.508 e. The molecule has 0 spiro atoms. The molecule has 0 saturated carbocycles. The van der Waals surface area contributed by atoms with E-state index < -0.39 is 0 Å². The number of rotatable bonds is 0. The van der Waals surface area contributed by atoms with Crippen LogP contribution in [0.5, 0.6) is 11.5 Å². The lowest BCUT2D eigenvalue weighted by atomic mass is 10.3. The van der Waals surface area contributed by atoms with Gasteiger partial charge in [-0.15, -0.1) is 0 Å². The van der Waals surface area contributed by atoms with Crippen LogP contribution in [0, 0.1) is 0 Å². The quantitative estimate of drug-likeness (QED) is 0.372.